The van der Waals surface area contributed by atoms with E-state index in [2.05, 4.69) is 26.1 Å². The van der Waals surface area contributed by atoms with Gasteiger partial charge in [-0.2, -0.15) is 0 Å². The molecule has 1 aliphatic rings. The summed E-state index contributed by atoms with van der Waals surface area (Å²) in [5.41, 5.74) is 1.34. The minimum atomic E-state index is 0.744. The molecule has 0 bridgehead atoms. The Morgan fingerprint density at radius 2 is 1.90 bits per heavy atom. The lowest BCUT2D eigenvalue weighted by Gasteiger charge is -2.26. The number of nitrogens with zero attached hydrogens (tertiary/aromatic N) is 1. The molecule has 20 heavy (non-hydrogen) atoms. The van der Waals surface area contributed by atoms with E-state index in [0.29, 0.717) is 0 Å². The van der Waals surface area contributed by atoms with Gasteiger partial charge in [0.15, 0.2) is 0 Å². The van der Waals surface area contributed by atoms with Crippen LogP contribution in [0.3, 0.4) is 0 Å². The first-order chi connectivity index (χ1) is 9.78. The first kappa shape index (κ1) is 16.0. The normalized spacial score (nSPS) is 23.1. The molecule has 1 aliphatic carbocycles. The van der Waals surface area contributed by atoms with Gasteiger partial charge in [-0.25, -0.2) is 4.98 Å². The van der Waals surface area contributed by atoms with Gasteiger partial charge in [-0.15, -0.1) is 11.3 Å². The lowest BCUT2D eigenvalue weighted by molar-refractivity contribution is 0.318. The van der Waals surface area contributed by atoms with Crippen LogP contribution in [0.25, 0.3) is 0 Å². The summed E-state index contributed by atoms with van der Waals surface area (Å²) in [5.74, 6) is 1.72. The minimum absolute atomic E-state index is 0.744. The molecule has 0 amide bonds. The number of aromatic nitrogens is 1. The van der Waals surface area contributed by atoms with Crippen molar-refractivity contribution in [3.8, 4) is 0 Å². The third-order valence-electron chi connectivity index (χ3n) is 4.62. The van der Waals surface area contributed by atoms with Crippen LogP contribution in [-0.4, -0.2) is 11.5 Å². The first-order valence-corrected chi connectivity index (χ1v) is 9.29. The van der Waals surface area contributed by atoms with Gasteiger partial charge in [-0.05, 0) is 51.0 Å². The van der Waals surface area contributed by atoms with Gasteiger partial charge in [0.1, 0.15) is 0 Å². The van der Waals surface area contributed by atoms with E-state index in [1.165, 1.54) is 54.1 Å². The molecule has 0 aromatic carbocycles. The number of hydrogen-bond donors (Lipinski definition) is 1. The number of hydrogen-bond acceptors (Lipinski definition) is 3. The highest BCUT2D eigenvalue weighted by atomic mass is 32.1. The molecular weight excluding hydrogens is 264 g/mol. The maximum atomic E-state index is 4.96. The predicted molar refractivity (Wildman–Crippen MR) is 88.5 cm³/mol. The van der Waals surface area contributed by atoms with Gasteiger partial charge in [-0.1, -0.05) is 27.2 Å². The molecule has 1 saturated carbocycles. The van der Waals surface area contributed by atoms with E-state index < -0.39 is 0 Å². The van der Waals surface area contributed by atoms with Crippen LogP contribution in [0.2, 0.25) is 0 Å². The van der Waals surface area contributed by atoms with Crippen molar-refractivity contribution in [3.63, 3.8) is 0 Å². The van der Waals surface area contributed by atoms with Crippen molar-refractivity contribution in [1.29, 1.82) is 0 Å². The van der Waals surface area contributed by atoms with E-state index in [9.17, 15) is 0 Å². The number of thiazole rings is 1. The SMILES string of the molecule is CCCNCc1sc(C2CCC(CC)CC2)nc1CC. The monoisotopic (exact) mass is 294 g/mol. The van der Waals surface area contributed by atoms with E-state index >= 15 is 0 Å². The largest absolute Gasteiger partial charge is 0.312 e. The fourth-order valence-electron chi connectivity index (χ4n) is 3.19. The zero-order chi connectivity index (χ0) is 14.4. The van der Waals surface area contributed by atoms with Crippen molar-refractivity contribution in [2.45, 2.75) is 78.2 Å². The second-order valence-corrected chi connectivity index (χ2v) is 7.19. The summed E-state index contributed by atoms with van der Waals surface area (Å²) in [4.78, 5) is 6.44. The van der Waals surface area contributed by atoms with E-state index in [0.717, 1.165) is 31.3 Å². The van der Waals surface area contributed by atoms with Crippen LogP contribution in [0, 0.1) is 5.92 Å². The zero-order valence-corrected chi connectivity index (χ0v) is 14.2. The van der Waals surface area contributed by atoms with Crippen LogP contribution in [-0.2, 0) is 13.0 Å². The zero-order valence-electron chi connectivity index (χ0n) is 13.4. The highest BCUT2D eigenvalue weighted by molar-refractivity contribution is 7.11. The van der Waals surface area contributed by atoms with Crippen LogP contribution in [0.5, 0.6) is 0 Å². The first-order valence-electron chi connectivity index (χ1n) is 8.47. The average molecular weight is 295 g/mol. The van der Waals surface area contributed by atoms with Crippen molar-refractivity contribution in [1.82, 2.24) is 10.3 Å². The molecule has 0 atom stereocenters. The Morgan fingerprint density at radius 1 is 1.15 bits per heavy atom. The fourth-order valence-corrected chi connectivity index (χ4v) is 4.48. The maximum Gasteiger partial charge on any atom is 0.0962 e. The molecule has 1 fully saturated rings. The van der Waals surface area contributed by atoms with E-state index in [1.54, 1.807) is 0 Å². The van der Waals surface area contributed by atoms with Crippen molar-refractivity contribution in [3.05, 3.63) is 15.6 Å². The van der Waals surface area contributed by atoms with Crippen LogP contribution in [0.15, 0.2) is 0 Å². The Kier molecular flexibility index (Phi) is 6.50. The molecule has 0 saturated heterocycles. The molecule has 2 rings (SSSR count). The topological polar surface area (TPSA) is 24.9 Å². The van der Waals surface area contributed by atoms with E-state index in [1.807, 2.05) is 11.3 Å². The second-order valence-electron chi connectivity index (χ2n) is 6.08. The molecule has 1 aromatic heterocycles. The van der Waals surface area contributed by atoms with Crippen molar-refractivity contribution in [2.24, 2.45) is 5.92 Å². The molecule has 0 spiro atoms. The van der Waals surface area contributed by atoms with Crippen LogP contribution in [0.4, 0.5) is 0 Å². The third kappa shape index (κ3) is 4.05. The smallest absolute Gasteiger partial charge is 0.0962 e. The van der Waals surface area contributed by atoms with Crippen LogP contribution in [0.1, 0.15) is 80.8 Å². The van der Waals surface area contributed by atoms with Gasteiger partial charge in [0.2, 0.25) is 0 Å². The average Bonchev–Trinajstić information content (AvgIpc) is 2.91. The van der Waals surface area contributed by atoms with Crippen molar-refractivity contribution in [2.75, 3.05) is 6.54 Å². The molecule has 0 unspecified atom stereocenters. The summed E-state index contributed by atoms with van der Waals surface area (Å²) in [6.07, 6.45) is 9.17. The van der Waals surface area contributed by atoms with Crippen LogP contribution < -0.4 is 5.32 Å². The number of aryl methyl sites for hydroxylation is 1. The molecule has 114 valence electrons. The maximum absolute atomic E-state index is 4.96. The van der Waals surface area contributed by atoms with Crippen molar-refractivity contribution < 1.29 is 0 Å². The Labute approximate surface area is 128 Å². The summed E-state index contributed by atoms with van der Waals surface area (Å²) in [7, 11) is 0. The Bertz CT molecular complexity index is 392. The molecule has 1 aromatic rings. The quantitative estimate of drug-likeness (QED) is 0.724. The Hall–Kier alpha value is -0.410. The van der Waals surface area contributed by atoms with Gasteiger partial charge in [0, 0.05) is 17.3 Å². The van der Waals surface area contributed by atoms with Crippen LogP contribution >= 0.6 is 11.3 Å². The van der Waals surface area contributed by atoms with Gasteiger partial charge >= 0.3 is 0 Å². The Balaban J connectivity index is 1.98. The minimum Gasteiger partial charge on any atom is -0.312 e. The highest BCUT2D eigenvalue weighted by Crippen LogP contribution is 2.39. The summed E-state index contributed by atoms with van der Waals surface area (Å²) in [6, 6.07) is 0. The summed E-state index contributed by atoms with van der Waals surface area (Å²) < 4.78 is 0. The molecule has 1 heterocycles. The van der Waals surface area contributed by atoms with Gasteiger partial charge in [0.05, 0.1) is 10.7 Å². The van der Waals surface area contributed by atoms with Gasteiger partial charge in [-0.3, -0.25) is 0 Å². The predicted octanol–water partition coefficient (Wildman–Crippen LogP) is 4.89. The summed E-state index contributed by atoms with van der Waals surface area (Å²) in [5, 5.41) is 4.95. The molecular formula is C17H30N2S. The molecule has 0 radical (unpaired) electrons. The van der Waals surface area contributed by atoms with E-state index in [-0.39, 0.29) is 0 Å². The summed E-state index contributed by atoms with van der Waals surface area (Å²) >= 11 is 1.98. The summed E-state index contributed by atoms with van der Waals surface area (Å²) in [6.45, 7) is 8.91. The molecule has 0 aliphatic heterocycles. The van der Waals surface area contributed by atoms with Crippen molar-refractivity contribution >= 4 is 11.3 Å². The molecule has 2 nitrogen and oxygen atoms in total. The van der Waals surface area contributed by atoms with Gasteiger partial charge < -0.3 is 5.32 Å². The lowest BCUT2D eigenvalue weighted by Crippen LogP contribution is -2.13. The van der Waals surface area contributed by atoms with Gasteiger partial charge in [0.25, 0.3) is 0 Å². The highest BCUT2D eigenvalue weighted by Gasteiger charge is 2.24. The molecule has 1 N–H and O–H groups in total. The van der Waals surface area contributed by atoms with E-state index in [4.69, 9.17) is 4.98 Å². The fraction of sp³-hybridized carbons (Fsp3) is 0.824. The molecule has 3 heteroatoms. The Morgan fingerprint density at radius 3 is 2.50 bits per heavy atom. The standard InChI is InChI=1S/C17H30N2S/c1-4-11-18-12-16-15(6-3)19-17(20-16)14-9-7-13(5-2)8-10-14/h13-14,18H,4-12H2,1-3H3. The number of rotatable bonds is 7. The second kappa shape index (κ2) is 8.14. The lowest BCUT2D eigenvalue weighted by atomic mass is 9.81. The third-order valence-corrected chi connectivity index (χ3v) is 5.88. The number of nitrogens with one attached hydrogen (secondary N) is 1.